The summed E-state index contributed by atoms with van der Waals surface area (Å²) in [5.74, 6) is 0.166. The predicted molar refractivity (Wildman–Crippen MR) is 122 cm³/mol. The van der Waals surface area contributed by atoms with E-state index in [-0.39, 0.29) is 41.7 Å². The standard InChI is InChI=1S/C26H32FN3O4/c27-19-12-26(10-16(19)11-26)14-28-20-3-1-2-4-22(20)34-17-5-6-18-15(9-17)13-30(25(18)33)21-7-8-23(31)29-24(21)32/h5-6,9,16,19-22,28H,1-4,7-8,10-14H2,(H,29,31,32)/t16?,19-,20+,21?,22-,26?/m1/s1. The van der Waals surface area contributed by atoms with E-state index >= 15 is 0 Å². The molecule has 6 aliphatic rings. The van der Waals surface area contributed by atoms with Crippen LogP contribution in [0.4, 0.5) is 4.39 Å². The Bertz CT molecular complexity index is 1020. The van der Waals surface area contributed by atoms with E-state index in [4.69, 9.17) is 4.74 Å². The first-order chi connectivity index (χ1) is 16.4. The predicted octanol–water partition coefficient (Wildman–Crippen LogP) is 2.87. The van der Waals surface area contributed by atoms with Crippen LogP contribution in [0.3, 0.4) is 0 Å². The average molecular weight is 470 g/mol. The molecule has 1 aromatic rings. The van der Waals surface area contributed by atoms with Crippen LogP contribution in [-0.2, 0) is 16.1 Å². The molecule has 1 unspecified atom stereocenters. The Morgan fingerprint density at radius 2 is 1.94 bits per heavy atom. The van der Waals surface area contributed by atoms with Crippen LogP contribution in [0.1, 0.15) is 73.7 Å². The third kappa shape index (κ3) is 3.80. The lowest BCUT2D eigenvalue weighted by Crippen LogP contribution is -2.52. The van der Waals surface area contributed by atoms with E-state index in [1.54, 1.807) is 11.0 Å². The van der Waals surface area contributed by atoms with Crippen LogP contribution in [0, 0.1) is 11.3 Å². The van der Waals surface area contributed by atoms with Gasteiger partial charge in [0.15, 0.2) is 0 Å². The van der Waals surface area contributed by atoms with Gasteiger partial charge in [0.25, 0.3) is 5.91 Å². The number of carbonyl (C=O) groups is 3. The van der Waals surface area contributed by atoms with Crippen molar-refractivity contribution in [1.82, 2.24) is 15.5 Å². The van der Waals surface area contributed by atoms with Crippen LogP contribution in [-0.4, -0.2) is 53.5 Å². The third-order valence-electron chi connectivity index (χ3n) is 8.75. The number of benzene rings is 1. The van der Waals surface area contributed by atoms with Gasteiger partial charge in [0.1, 0.15) is 24.1 Å². The first-order valence-corrected chi connectivity index (χ1v) is 12.7. The molecule has 3 amide bonds. The summed E-state index contributed by atoms with van der Waals surface area (Å²) in [6.45, 7) is 1.21. The van der Waals surface area contributed by atoms with Crippen molar-refractivity contribution in [3.8, 4) is 5.75 Å². The van der Waals surface area contributed by atoms with E-state index in [2.05, 4.69) is 10.6 Å². The van der Waals surface area contributed by atoms with Crippen molar-refractivity contribution in [3.63, 3.8) is 0 Å². The Kier molecular flexibility index (Phi) is 5.39. The van der Waals surface area contributed by atoms with Gasteiger partial charge in [-0.3, -0.25) is 19.7 Å². The Labute approximate surface area is 198 Å². The van der Waals surface area contributed by atoms with Crippen molar-refractivity contribution < 1.29 is 23.5 Å². The second-order valence-corrected chi connectivity index (χ2v) is 11.0. The summed E-state index contributed by atoms with van der Waals surface area (Å²) in [5, 5.41) is 6.06. The number of amides is 3. The summed E-state index contributed by atoms with van der Waals surface area (Å²) in [6.07, 6.45) is 7.07. The Morgan fingerprint density at radius 1 is 1.12 bits per heavy atom. The van der Waals surface area contributed by atoms with Gasteiger partial charge in [0.2, 0.25) is 11.8 Å². The lowest BCUT2D eigenvalue weighted by atomic mass is 9.69. The van der Waals surface area contributed by atoms with E-state index in [0.717, 1.165) is 50.0 Å². The van der Waals surface area contributed by atoms with Gasteiger partial charge < -0.3 is 15.0 Å². The molecule has 0 spiro atoms. The highest BCUT2D eigenvalue weighted by Gasteiger charge is 2.56. The van der Waals surface area contributed by atoms with E-state index in [0.29, 0.717) is 24.9 Å². The first kappa shape index (κ1) is 22.0. The van der Waals surface area contributed by atoms with Crippen LogP contribution in [0.25, 0.3) is 0 Å². The highest BCUT2D eigenvalue weighted by molar-refractivity contribution is 6.05. The Morgan fingerprint density at radius 3 is 2.71 bits per heavy atom. The number of imide groups is 1. The maximum absolute atomic E-state index is 13.9. The molecular weight excluding hydrogens is 437 g/mol. The summed E-state index contributed by atoms with van der Waals surface area (Å²) in [5.41, 5.74) is 1.60. The topological polar surface area (TPSA) is 87.7 Å². The van der Waals surface area contributed by atoms with Gasteiger partial charge in [0, 0.05) is 31.1 Å². The number of rotatable bonds is 6. The van der Waals surface area contributed by atoms with Crippen molar-refractivity contribution in [2.75, 3.05) is 6.54 Å². The maximum Gasteiger partial charge on any atom is 0.255 e. The molecule has 1 aromatic carbocycles. The zero-order chi connectivity index (χ0) is 23.4. The molecule has 0 aromatic heterocycles. The van der Waals surface area contributed by atoms with Crippen molar-refractivity contribution in [2.45, 2.75) is 88.7 Å². The number of carbonyl (C=O) groups excluding carboxylic acids is 3. The molecule has 2 aliphatic heterocycles. The van der Waals surface area contributed by atoms with Crippen LogP contribution < -0.4 is 15.4 Å². The van der Waals surface area contributed by atoms with Crippen LogP contribution in [0.15, 0.2) is 18.2 Å². The average Bonchev–Trinajstić information content (AvgIpc) is 3.40. The molecule has 4 aliphatic carbocycles. The number of piperidine rings is 1. The number of alkyl halides is 1. The summed E-state index contributed by atoms with van der Waals surface area (Å²) in [6, 6.07) is 5.19. The molecule has 182 valence electrons. The molecule has 7 rings (SSSR count). The fraction of sp³-hybridized carbons (Fsp3) is 0.654. The van der Waals surface area contributed by atoms with Gasteiger partial charge in [-0.05, 0) is 80.0 Å². The van der Waals surface area contributed by atoms with Crippen molar-refractivity contribution >= 4 is 17.7 Å². The minimum Gasteiger partial charge on any atom is -0.489 e. The molecule has 2 heterocycles. The first-order valence-electron chi connectivity index (χ1n) is 12.7. The number of ether oxygens (including phenoxy) is 1. The molecule has 5 fully saturated rings. The van der Waals surface area contributed by atoms with Crippen LogP contribution in [0.2, 0.25) is 0 Å². The number of hydrogen-bond acceptors (Lipinski definition) is 5. The molecule has 0 radical (unpaired) electrons. The van der Waals surface area contributed by atoms with E-state index in [1.165, 1.54) is 6.42 Å². The van der Waals surface area contributed by atoms with Gasteiger partial charge in [-0.15, -0.1) is 0 Å². The van der Waals surface area contributed by atoms with Gasteiger partial charge in [0.05, 0.1) is 0 Å². The number of halogens is 1. The molecular formula is C26H32FN3O4. The molecule has 34 heavy (non-hydrogen) atoms. The Balaban J connectivity index is 1.11. The van der Waals surface area contributed by atoms with Gasteiger partial charge >= 0.3 is 0 Å². The quantitative estimate of drug-likeness (QED) is 0.626. The molecule has 2 N–H and O–H groups in total. The van der Waals surface area contributed by atoms with E-state index in [1.807, 2.05) is 12.1 Å². The molecule has 1 saturated heterocycles. The molecule has 8 heteroatoms. The minimum atomic E-state index is -0.617. The smallest absolute Gasteiger partial charge is 0.255 e. The normalized spacial score (nSPS) is 36.8. The maximum atomic E-state index is 13.9. The summed E-state index contributed by atoms with van der Waals surface area (Å²) >= 11 is 0. The van der Waals surface area contributed by atoms with Gasteiger partial charge in [-0.2, -0.15) is 0 Å². The summed E-state index contributed by atoms with van der Waals surface area (Å²) in [7, 11) is 0. The second kappa shape index (κ2) is 8.33. The second-order valence-electron chi connectivity index (χ2n) is 11.0. The number of nitrogens with one attached hydrogen (secondary N) is 2. The van der Waals surface area contributed by atoms with Gasteiger partial charge in [-0.25, -0.2) is 4.39 Å². The fourth-order valence-corrected chi connectivity index (χ4v) is 6.89. The largest absolute Gasteiger partial charge is 0.489 e. The molecule has 4 saturated carbocycles. The van der Waals surface area contributed by atoms with Gasteiger partial charge in [-0.1, -0.05) is 6.42 Å². The lowest BCUT2D eigenvalue weighted by molar-refractivity contribution is -0.136. The summed E-state index contributed by atoms with van der Waals surface area (Å²) < 4.78 is 20.4. The minimum absolute atomic E-state index is 0.0463. The monoisotopic (exact) mass is 469 g/mol. The Hall–Kier alpha value is -2.48. The van der Waals surface area contributed by atoms with Crippen LogP contribution in [0.5, 0.6) is 5.75 Å². The van der Waals surface area contributed by atoms with Crippen molar-refractivity contribution in [3.05, 3.63) is 29.3 Å². The van der Waals surface area contributed by atoms with Crippen LogP contribution >= 0.6 is 0 Å². The third-order valence-corrected chi connectivity index (χ3v) is 8.75. The van der Waals surface area contributed by atoms with E-state index in [9.17, 15) is 18.8 Å². The molecule has 4 atom stereocenters. The lowest BCUT2D eigenvalue weighted by Gasteiger charge is -2.41. The highest BCUT2D eigenvalue weighted by Crippen LogP contribution is 2.59. The molecule has 2 bridgehead atoms. The summed E-state index contributed by atoms with van der Waals surface area (Å²) in [4.78, 5) is 38.2. The number of fused-ring (bicyclic) bond motifs is 2. The molecule has 7 nitrogen and oxygen atoms in total. The number of nitrogens with zero attached hydrogens (tertiary/aromatic N) is 1. The zero-order valence-electron chi connectivity index (χ0n) is 19.4. The van der Waals surface area contributed by atoms with E-state index < -0.39 is 18.1 Å². The van der Waals surface area contributed by atoms with Crippen molar-refractivity contribution in [1.29, 1.82) is 0 Å². The fourth-order valence-electron chi connectivity index (χ4n) is 6.89. The number of hydrogen-bond donors (Lipinski definition) is 2. The highest BCUT2D eigenvalue weighted by atomic mass is 19.1. The zero-order valence-corrected chi connectivity index (χ0v) is 19.4. The SMILES string of the molecule is O=C1CCC(N2Cc3cc(O[C@@H]4CCCC[C@@H]4NCC45CC(C4)[C@H](F)C5)ccc3C2=O)C(=O)N1. The van der Waals surface area contributed by atoms with Crippen molar-refractivity contribution in [2.24, 2.45) is 11.3 Å².